The van der Waals surface area contributed by atoms with Crippen LogP contribution in [0.15, 0.2) is 47.4 Å². The van der Waals surface area contributed by atoms with Crippen molar-refractivity contribution in [3.63, 3.8) is 0 Å². The molecular formula is C23H25ClF2N2O3S. The SMILES string of the molecule is O=C(CSc1ccccc1C(=O)Nc1ccc(OC(F)F)c(Cl)c1)NCC1CCCCC1. The topological polar surface area (TPSA) is 67.4 Å². The van der Waals surface area contributed by atoms with Crippen LogP contribution in [0.25, 0.3) is 0 Å². The molecule has 0 saturated heterocycles. The maximum absolute atomic E-state index is 12.8. The summed E-state index contributed by atoms with van der Waals surface area (Å²) in [6, 6.07) is 11.0. The Bertz CT molecular complexity index is 939. The van der Waals surface area contributed by atoms with E-state index in [4.69, 9.17) is 11.6 Å². The Kier molecular flexibility index (Phi) is 9.17. The van der Waals surface area contributed by atoms with E-state index in [-0.39, 0.29) is 22.4 Å². The molecule has 9 heteroatoms. The molecule has 1 aliphatic carbocycles. The van der Waals surface area contributed by atoms with E-state index >= 15 is 0 Å². The molecule has 1 aliphatic rings. The van der Waals surface area contributed by atoms with Crippen LogP contribution in [0.3, 0.4) is 0 Å². The molecule has 0 bridgehead atoms. The number of nitrogens with one attached hydrogen (secondary N) is 2. The molecular weight excluding hydrogens is 458 g/mol. The fourth-order valence-corrected chi connectivity index (χ4v) is 4.70. The molecule has 2 aromatic rings. The van der Waals surface area contributed by atoms with Gasteiger partial charge < -0.3 is 15.4 Å². The number of anilines is 1. The number of rotatable bonds is 9. The molecule has 1 fully saturated rings. The van der Waals surface area contributed by atoms with Gasteiger partial charge in [-0.25, -0.2) is 0 Å². The molecule has 0 heterocycles. The number of hydrogen-bond acceptors (Lipinski definition) is 4. The van der Waals surface area contributed by atoms with Gasteiger partial charge in [0.05, 0.1) is 16.3 Å². The Hall–Kier alpha value is -2.32. The molecule has 32 heavy (non-hydrogen) atoms. The number of alkyl halides is 2. The quantitative estimate of drug-likeness (QED) is 0.431. The van der Waals surface area contributed by atoms with E-state index in [9.17, 15) is 18.4 Å². The molecule has 2 N–H and O–H groups in total. The molecule has 0 aromatic heterocycles. The number of benzene rings is 2. The Morgan fingerprint density at radius 2 is 1.88 bits per heavy atom. The highest BCUT2D eigenvalue weighted by Crippen LogP contribution is 2.30. The lowest BCUT2D eigenvalue weighted by Crippen LogP contribution is -2.31. The number of halogens is 3. The molecule has 2 amide bonds. The molecule has 0 radical (unpaired) electrons. The lowest BCUT2D eigenvalue weighted by molar-refractivity contribution is -0.118. The average Bonchev–Trinajstić information content (AvgIpc) is 2.78. The number of carbonyl (C=O) groups is 2. The van der Waals surface area contributed by atoms with Crippen LogP contribution in [0, 0.1) is 5.92 Å². The summed E-state index contributed by atoms with van der Waals surface area (Å²) >= 11 is 7.24. The first kappa shape index (κ1) is 24.3. The summed E-state index contributed by atoms with van der Waals surface area (Å²) in [4.78, 5) is 25.7. The summed E-state index contributed by atoms with van der Waals surface area (Å²) in [6.45, 7) is -2.29. The van der Waals surface area contributed by atoms with Gasteiger partial charge in [0.15, 0.2) is 0 Å². The number of amides is 2. The molecule has 1 saturated carbocycles. The monoisotopic (exact) mass is 482 g/mol. The highest BCUT2D eigenvalue weighted by Gasteiger charge is 2.17. The first-order valence-corrected chi connectivity index (χ1v) is 11.8. The van der Waals surface area contributed by atoms with Crippen LogP contribution >= 0.6 is 23.4 Å². The minimum Gasteiger partial charge on any atom is -0.433 e. The minimum atomic E-state index is -2.99. The van der Waals surface area contributed by atoms with Gasteiger partial charge in [0.2, 0.25) is 5.91 Å². The number of carbonyl (C=O) groups excluding carboxylic acids is 2. The third-order valence-corrected chi connectivity index (χ3v) is 6.58. The van der Waals surface area contributed by atoms with Crippen molar-refractivity contribution in [3.8, 4) is 5.75 Å². The molecule has 0 aliphatic heterocycles. The largest absolute Gasteiger partial charge is 0.433 e. The van der Waals surface area contributed by atoms with Crippen molar-refractivity contribution < 1.29 is 23.1 Å². The predicted molar refractivity (Wildman–Crippen MR) is 123 cm³/mol. The van der Waals surface area contributed by atoms with Gasteiger partial charge in [-0.05, 0) is 49.1 Å². The smallest absolute Gasteiger partial charge is 0.387 e. The summed E-state index contributed by atoms with van der Waals surface area (Å²) in [6.07, 6.45) is 6.06. The minimum absolute atomic E-state index is 0.0413. The fraction of sp³-hybridized carbons (Fsp3) is 0.391. The van der Waals surface area contributed by atoms with Crippen LogP contribution in [0.1, 0.15) is 42.5 Å². The third-order valence-electron chi connectivity index (χ3n) is 5.21. The first-order valence-electron chi connectivity index (χ1n) is 10.5. The van der Waals surface area contributed by atoms with E-state index in [0.29, 0.717) is 28.6 Å². The van der Waals surface area contributed by atoms with Gasteiger partial charge in [-0.1, -0.05) is 43.0 Å². The predicted octanol–water partition coefficient (Wildman–Crippen LogP) is 5.98. The van der Waals surface area contributed by atoms with Crippen LogP contribution in [0.5, 0.6) is 5.75 Å². The van der Waals surface area contributed by atoms with E-state index < -0.39 is 12.5 Å². The fourth-order valence-electron chi connectivity index (χ4n) is 3.59. The van der Waals surface area contributed by atoms with Crippen molar-refractivity contribution >= 4 is 40.9 Å². The van der Waals surface area contributed by atoms with Gasteiger partial charge in [-0.15, -0.1) is 11.8 Å². The van der Waals surface area contributed by atoms with Crippen LogP contribution in [-0.4, -0.2) is 30.7 Å². The zero-order valence-electron chi connectivity index (χ0n) is 17.4. The summed E-state index contributed by atoms with van der Waals surface area (Å²) in [5.41, 5.74) is 0.744. The first-order chi connectivity index (χ1) is 15.4. The van der Waals surface area contributed by atoms with Crippen molar-refractivity contribution in [1.29, 1.82) is 0 Å². The Balaban J connectivity index is 1.56. The standard InChI is InChI=1S/C23H25ClF2N2O3S/c24-18-12-16(10-11-19(18)31-23(25)26)28-22(30)17-8-4-5-9-20(17)32-14-21(29)27-13-15-6-2-1-3-7-15/h4-5,8-12,15,23H,1-3,6-7,13-14H2,(H,27,29)(H,28,30). The van der Waals surface area contributed by atoms with Gasteiger partial charge >= 0.3 is 6.61 Å². The van der Waals surface area contributed by atoms with Crippen LogP contribution in [0.2, 0.25) is 5.02 Å². The van der Waals surface area contributed by atoms with E-state index in [1.807, 2.05) is 0 Å². The maximum atomic E-state index is 12.8. The Labute approximate surface area is 195 Å². The number of thioether (sulfide) groups is 1. The lowest BCUT2D eigenvalue weighted by Gasteiger charge is -2.21. The zero-order valence-corrected chi connectivity index (χ0v) is 19.0. The third kappa shape index (κ3) is 7.38. The summed E-state index contributed by atoms with van der Waals surface area (Å²) < 4.78 is 29.0. The molecule has 172 valence electrons. The molecule has 5 nitrogen and oxygen atoms in total. The van der Waals surface area contributed by atoms with E-state index in [1.54, 1.807) is 24.3 Å². The molecule has 0 unspecified atom stereocenters. The van der Waals surface area contributed by atoms with Crippen molar-refractivity contribution in [2.24, 2.45) is 5.92 Å². The molecule has 2 aromatic carbocycles. The number of hydrogen-bond donors (Lipinski definition) is 2. The maximum Gasteiger partial charge on any atom is 0.387 e. The van der Waals surface area contributed by atoms with Gasteiger partial charge in [0, 0.05) is 17.1 Å². The van der Waals surface area contributed by atoms with Gasteiger partial charge in [0.25, 0.3) is 5.91 Å². The van der Waals surface area contributed by atoms with Crippen LogP contribution in [-0.2, 0) is 4.79 Å². The summed E-state index contributed by atoms with van der Waals surface area (Å²) in [7, 11) is 0. The van der Waals surface area contributed by atoms with E-state index in [2.05, 4.69) is 15.4 Å². The molecule has 3 rings (SSSR count). The molecule has 0 spiro atoms. The summed E-state index contributed by atoms with van der Waals surface area (Å²) in [5, 5.41) is 5.65. The number of ether oxygens (including phenoxy) is 1. The highest BCUT2D eigenvalue weighted by atomic mass is 35.5. The van der Waals surface area contributed by atoms with E-state index in [1.165, 1.54) is 49.2 Å². The second-order valence-electron chi connectivity index (χ2n) is 7.57. The Morgan fingerprint density at radius 3 is 2.59 bits per heavy atom. The van der Waals surface area contributed by atoms with Gasteiger partial charge in [-0.2, -0.15) is 8.78 Å². The van der Waals surface area contributed by atoms with Crippen molar-refractivity contribution in [3.05, 3.63) is 53.1 Å². The normalized spacial score (nSPS) is 14.2. The van der Waals surface area contributed by atoms with Gasteiger partial charge in [-0.3, -0.25) is 9.59 Å². The lowest BCUT2D eigenvalue weighted by atomic mass is 9.89. The van der Waals surface area contributed by atoms with Crippen molar-refractivity contribution in [2.45, 2.75) is 43.6 Å². The average molecular weight is 483 g/mol. The highest BCUT2D eigenvalue weighted by molar-refractivity contribution is 8.00. The van der Waals surface area contributed by atoms with Crippen molar-refractivity contribution in [2.75, 3.05) is 17.6 Å². The van der Waals surface area contributed by atoms with E-state index in [0.717, 1.165) is 12.8 Å². The molecule has 0 atom stereocenters. The Morgan fingerprint density at radius 1 is 1.12 bits per heavy atom. The van der Waals surface area contributed by atoms with Crippen LogP contribution in [0.4, 0.5) is 14.5 Å². The second-order valence-corrected chi connectivity index (χ2v) is 9.00. The van der Waals surface area contributed by atoms with Crippen molar-refractivity contribution in [1.82, 2.24) is 5.32 Å². The van der Waals surface area contributed by atoms with Gasteiger partial charge in [0.1, 0.15) is 5.75 Å². The zero-order chi connectivity index (χ0) is 22.9. The summed E-state index contributed by atoms with van der Waals surface area (Å²) in [5.74, 6) is 0.143. The second kappa shape index (κ2) is 12.1. The van der Waals surface area contributed by atoms with Crippen LogP contribution < -0.4 is 15.4 Å².